The average molecular weight is 385 g/mol. The number of ether oxygens (including phenoxy) is 1. The number of carbonyl (C=O) groups excluding carboxylic acids is 2. The first-order valence-electron chi connectivity index (χ1n) is 8.83. The Morgan fingerprint density at radius 1 is 1.14 bits per heavy atom. The van der Waals surface area contributed by atoms with Gasteiger partial charge in [0.2, 0.25) is 0 Å². The standard InChI is InChI=1S/C20H23N3O5/c1-13(15-7-5-4-6-8-15)12-22-19(24)14(2)28-20(25)16-9-10-17(21-3)18(11-16)23(26)27/h4-11,13-14,21H,12H2,1-3H3,(H,22,24)/t13-,14-/m1/s1. The third-order valence-electron chi connectivity index (χ3n) is 4.30. The zero-order valence-corrected chi connectivity index (χ0v) is 16.0. The maximum Gasteiger partial charge on any atom is 0.339 e. The number of nitrogens with one attached hydrogen (secondary N) is 2. The van der Waals surface area contributed by atoms with Gasteiger partial charge in [-0.2, -0.15) is 0 Å². The molecule has 0 saturated carbocycles. The van der Waals surface area contributed by atoms with Crippen LogP contribution in [0.2, 0.25) is 0 Å². The van der Waals surface area contributed by atoms with Crippen molar-refractivity contribution in [1.29, 1.82) is 0 Å². The molecule has 0 aromatic heterocycles. The Kier molecular flexibility index (Phi) is 7.08. The van der Waals surface area contributed by atoms with Crippen molar-refractivity contribution < 1.29 is 19.2 Å². The Balaban J connectivity index is 1.95. The van der Waals surface area contributed by atoms with Crippen LogP contribution in [0, 0.1) is 10.1 Å². The number of hydrogen-bond acceptors (Lipinski definition) is 6. The molecule has 2 aromatic carbocycles. The third kappa shape index (κ3) is 5.29. The van der Waals surface area contributed by atoms with Crippen molar-refractivity contribution in [3.63, 3.8) is 0 Å². The van der Waals surface area contributed by atoms with Crippen LogP contribution in [0.1, 0.15) is 35.7 Å². The topological polar surface area (TPSA) is 111 Å². The minimum Gasteiger partial charge on any atom is -0.449 e. The van der Waals surface area contributed by atoms with Crippen LogP contribution >= 0.6 is 0 Å². The number of nitrogens with zero attached hydrogens (tertiary/aromatic N) is 1. The maximum atomic E-state index is 12.2. The van der Waals surface area contributed by atoms with E-state index < -0.39 is 22.9 Å². The molecular weight excluding hydrogens is 362 g/mol. The summed E-state index contributed by atoms with van der Waals surface area (Å²) < 4.78 is 5.15. The van der Waals surface area contributed by atoms with Crippen molar-refractivity contribution in [1.82, 2.24) is 5.32 Å². The molecule has 148 valence electrons. The Labute approximate surface area is 163 Å². The van der Waals surface area contributed by atoms with Gasteiger partial charge in [0, 0.05) is 19.7 Å². The largest absolute Gasteiger partial charge is 0.449 e. The molecule has 2 N–H and O–H groups in total. The van der Waals surface area contributed by atoms with Gasteiger partial charge in [-0.15, -0.1) is 0 Å². The lowest BCUT2D eigenvalue weighted by Crippen LogP contribution is -2.37. The lowest BCUT2D eigenvalue weighted by atomic mass is 10.0. The van der Waals surface area contributed by atoms with E-state index in [9.17, 15) is 19.7 Å². The van der Waals surface area contributed by atoms with E-state index in [1.54, 1.807) is 7.05 Å². The molecule has 0 spiro atoms. The lowest BCUT2D eigenvalue weighted by Gasteiger charge is -2.17. The molecule has 0 unspecified atom stereocenters. The second kappa shape index (κ2) is 9.50. The van der Waals surface area contributed by atoms with E-state index in [2.05, 4.69) is 10.6 Å². The Morgan fingerprint density at radius 2 is 1.82 bits per heavy atom. The summed E-state index contributed by atoms with van der Waals surface area (Å²) in [5.41, 5.74) is 1.13. The number of amides is 1. The van der Waals surface area contributed by atoms with Gasteiger partial charge in [0.1, 0.15) is 5.69 Å². The van der Waals surface area contributed by atoms with Crippen LogP contribution in [0.25, 0.3) is 0 Å². The van der Waals surface area contributed by atoms with E-state index in [1.807, 2.05) is 37.3 Å². The van der Waals surface area contributed by atoms with Gasteiger partial charge in [-0.25, -0.2) is 4.79 Å². The van der Waals surface area contributed by atoms with Gasteiger partial charge in [-0.1, -0.05) is 37.3 Å². The van der Waals surface area contributed by atoms with Crippen LogP contribution in [0.15, 0.2) is 48.5 Å². The van der Waals surface area contributed by atoms with Crippen molar-refractivity contribution in [2.75, 3.05) is 18.9 Å². The molecule has 0 heterocycles. The van der Waals surface area contributed by atoms with Gasteiger partial charge in [0.25, 0.3) is 11.6 Å². The molecule has 0 aliphatic heterocycles. The molecule has 2 aromatic rings. The first-order valence-corrected chi connectivity index (χ1v) is 8.83. The normalized spacial score (nSPS) is 12.5. The van der Waals surface area contributed by atoms with Crippen molar-refractivity contribution in [2.24, 2.45) is 0 Å². The van der Waals surface area contributed by atoms with E-state index in [0.29, 0.717) is 6.54 Å². The molecule has 8 nitrogen and oxygen atoms in total. The molecular formula is C20H23N3O5. The van der Waals surface area contributed by atoms with Gasteiger partial charge in [0.05, 0.1) is 10.5 Å². The summed E-state index contributed by atoms with van der Waals surface area (Å²) >= 11 is 0. The summed E-state index contributed by atoms with van der Waals surface area (Å²) in [6, 6.07) is 13.7. The fraction of sp³-hybridized carbons (Fsp3) is 0.300. The van der Waals surface area contributed by atoms with Crippen LogP contribution in [-0.4, -0.2) is 36.5 Å². The molecule has 0 radical (unpaired) electrons. The first-order chi connectivity index (χ1) is 13.3. The lowest BCUT2D eigenvalue weighted by molar-refractivity contribution is -0.384. The van der Waals surface area contributed by atoms with Crippen molar-refractivity contribution in [2.45, 2.75) is 25.9 Å². The number of hydrogen-bond donors (Lipinski definition) is 2. The van der Waals surface area contributed by atoms with Gasteiger partial charge in [-0.3, -0.25) is 14.9 Å². The number of rotatable bonds is 8. The molecule has 0 aliphatic carbocycles. The molecule has 0 bridgehead atoms. The van der Waals surface area contributed by atoms with Gasteiger partial charge < -0.3 is 15.4 Å². The van der Waals surface area contributed by atoms with Crippen molar-refractivity contribution >= 4 is 23.3 Å². The third-order valence-corrected chi connectivity index (χ3v) is 4.30. The molecule has 0 saturated heterocycles. The smallest absolute Gasteiger partial charge is 0.339 e. The van der Waals surface area contributed by atoms with Crippen molar-refractivity contribution in [3.05, 3.63) is 69.8 Å². The Bertz CT molecular complexity index is 854. The molecule has 28 heavy (non-hydrogen) atoms. The summed E-state index contributed by atoms with van der Waals surface area (Å²) in [7, 11) is 1.54. The summed E-state index contributed by atoms with van der Waals surface area (Å²) in [5.74, 6) is -1.13. The number of esters is 1. The highest BCUT2D eigenvalue weighted by molar-refractivity contribution is 5.93. The quantitative estimate of drug-likeness (QED) is 0.410. The van der Waals surface area contributed by atoms with Crippen LogP contribution < -0.4 is 10.6 Å². The Morgan fingerprint density at radius 3 is 2.43 bits per heavy atom. The summed E-state index contributed by atoms with van der Waals surface area (Å²) in [5, 5.41) is 16.5. The van der Waals surface area contributed by atoms with Crippen molar-refractivity contribution in [3.8, 4) is 0 Å². The molecule has 8 heteroatoms. The zero-order chi connectivity index (χ0) is 20.7. The van der Waals surface area contributed by atoms with Crippen LogP contribution in [0.5, 0.6) is 0 Å². The minimum absolute atomic E-state index is 0.00278. The SMILES string of the molecule is CNc1ccc(C(=O)O[C@H](C)C(=O)NC[C@@H](C)c2ccccc2)cc1[N+](=O)[O-]. The number of anilines is 1. The second-order valence-corrected chi connectivity index (χ2v) is 6.34. The predicted molar refractivity (Wildman–Crippen MR) is 105 cm³/mol. The number of nitro benzene ring substituents is 1. The highest BCUT2D eigenvalue weighted by Crippen LogP contribution is 2.25. The fourth-order valence-electron chi connectivity index (χ4n) is 2.60. The van der Waals surface area contributed by atoms with Crippen LogP contribution in [0.4, 0.5) is 11.4 Å². The maximum absolute atomic E-state index is 12.2. The van der Waals surface area contributed by atoms with Gasteiger partial charge >= 0.3 is 5.97 Å². The van der Waals surface area contributed by atoms with Gasteiger partial charge in [0.15, 0.2) is 6.10 Å². The molecule has 2 rings (SSSR count). The first kappa shape index (κ1) is 20.9. The van der Waals surface area contributed by atoms with E-state index in [4.69, 9.17) is 4.74 Å². The second-order valence-electron chi connectivity index (χ2n) is 6.34. The van der Waals surface area contributed by atoms with Gasteiger partial charge in [-0.05, 0) is 30.5 Å². The highest BCUT2D eigenvalue weighted by Gasteiger charge is 2.22. The predicted octanol–water partition coefficient (Wildman–Crippen LogP) is 3.10. The van der Waals surface area contributed by atoms with E-state index in [-0.39, 0.29) is 22.9 Å². The number of nitro groups is 1. The molecule has 2 atom stereocenters. The van der Waals surface area contributed by atoms with E-state index in [0.717, 1.165) is 11.6 Å². The number of benzene rings is 2. The van der Waals surface area contributed by atoms with Crippen LogP contribution in [0.3, 0.4) is 0 Å². The molecule has 0 fully saturated rings. The minimum atomic E-state index is -1.03. The fourth-order valence-corrected chi connectivity index (χ4v) is 2.60. The number of carbonyl (C=O) groups is 2. The van der Waals surface area contributed by atoms with Crippen LogP contribution in [-0.2, 0) is 9.53 Å². The zero-order valence-electron chi connectivity index (χ0n) is 16.0. The summed E-state index contributed by atoms with van der Waals surface area (Å²) in [6.07, 6.45) is -1.03. The summed E-state index contributed by atoms with van der Waals surface area (Å²) in [4.78, 5) is 35.0. The van der Waals surface area contributed by atoms with E-state index in [1.165, 1.54) is 19.1 Å². The molecule has 1 amide bonds. The summed E-state index contributed by atoms with van der Waals surface area (Å²) in [6.45, 7) is 3.83. The van der Waals surface area contributed by atoms with E-state index >= 15 is 0 Å². The molecule has 0 aliphatic rings. The average Bonchev–Trinajstić information content (AvgIpc) is 2.71. The Hall–Kier alpha value is -3.42. The highest BCUT2D eigenvalue weighted by atomic mass is 16.6. The monoisotopic (exact) mass is 385 g/mol.